The number of likely N-dealkylation sites (tertiary alicyclic amines) is 1. The lowest BCUT2D eigenvalue weighted by atomic mass is 10.1. The predicted octanol–water partition coefficient (Wildman–Crippen LogP) is 4.09. The summed E-state index contributed by atoms with van der Waals surface area (Å²) in [5.74, 6) is -0.246. The molecule has 0 bridgehead atoms. The third-order valence-electron chi connectivity index (χ3n) is 6.71. The molecule has 1 amide bonds. The van der Waals surface area contributed by atoms with Gasteiger partial charge in [0.15, 0.2) is 0 Å². The van der Waals surface area contributed by atoms with E-state index >= 15 is 0 Å². The SMILES string of the molecule is Cc1ccc(S(=O)(=O)N2CCCCC2)cc1C(=O)NCc1cccc(CN2CCCCC2)c1. The van der Waals surface area contributed by atoms with Crippen LogP contribution in [-0.4, -0.2) is 49.7 Å². The number of hydrogen-bond donors (Lipinski definition) is 1. The van der Waals surface area contributed by atoms with Crippen molar-refractivity contribution in [3.05, 3.63) is 64.7 Å². The van der Waals surface area contributed by atoms with Gasteiger partial charge >= 0.3 is 0 Å². The van der Waals surface area contributed by atoms with Crippen LogP contribution >= 0.6 is 0 Å². The number of nitrogens with zero attached hydrogens (tertiary/aromatic N) is 2. The van der Waals surface area contributed by atoms with Gasteiger partial charge in [-0.3, -0.25) is 9.69 Å². The Morgan fingerprint density at radius 1 is 0.879 bits per heavy atom. The number of benzene rings is 2. The van der Waals surface area contributed by atoms with E-state index in [9.17, 15) is 13.2 Å². The Labute approximate surface area is 198 Å². The fourth-order valence-electron chi connectivity index (χ4n) is 4.75. The van der Waals surface area contributed by atoms with Crippen LogP contribution in [0.3, 0.4) is 0 Å². The summed E-state index contributed by atoms with van der Waals surface area (Å²) in [6.45, 7) is 6.59. The van der Waals surface area contributed by atoms with Crippen LogP contribution in [0.15, 0.2) is 47.4 Å². The molecule has 7 heteroatoms. The predicted molar refractivity (Wildman–Crippen MR) is 131 cm³/mol. The number of aryl methyl sites for hydroxylation is 1. The number of rotatable bonds is 7. The molecule has 1 N–H and O–H groups in total. The monoisotopic (exact) mass is 469 g/mol. The molecule has 2 saturated heterocycles. The quantitative estimate of drug-likeness (QED) is 0.663. The maximum atomic E-state index is 13.0. The van der Waals surface area contributed by atoms with Crippen LogP contribution in [0.4, 0.5) is 0 Å². The summed E-state index contributed by atoms with van der Waals surface area (Å²) in [5.41, 5.74) is 3.49. The maximum absolute atomic E-state index is 13.0. The highest BCUT2D eigenvalue weighted by Crippen LogP contribution is 2.23. The molecule has 0 spiro atoms. The summed E-state index contributed by atoms with van der Waals surface area (Å²) in [6, 6.07) is 13.2. The van der Waals surface area contributed by atoms with Crippen LogP contribution < -0.4 is 5.32 Å². The molecular formula is C26H35N3O3S. The first-order valence-electron chi connectivity index (χ1n) is 12.1. The molecule has 0 atom stereocenters. The summed E-state index contributed by atoms with van der Waals surface area (Å²) in [5, 5.41) is 2.98. The van der Waals surface area contributed by atoms with E-state index in [0.29, 0.717) is 25.2 Å². The fourth-order valence-corrected chi connectivity index (χ4v) is 6.30. The summed E-state index contributed by atoms with van der Waals surface area (Å²) < 4.78 is 27.6. The van der Waals surface area contributed by atoms with E-state index < -0.39 is 10.0 Å². The van der Waals surface area contributed by atoms with Crippen LogP contribution in [0.2, 0.25) is 0 Å². The van der Waals surface area contributed by atoms with Crippen molar-refractivity contribution in [3.8, 4) is 0 Å². The molecule has 2 aliphatic rings. The van der Waals surface area contributed by atoms with Crippen molar-refractivity contribution in [1.82, 2.24) is 14.5 Å². The third-order valence-corrected chi connectivity index (χ3v) is 8.60. The van der Waals surface area contributed by atoms with Crippen LogP contribution in [0.25, 0.3) is 0 Å². The maximum Gasteiger partial charge on any atom is 0.251 e. The summed E-state index contributed by atoms with van der Waals surface area (Å²) >= 11 is 0. The Morgan fingerprint density at radius 3 is 2.27 bits per heavy atom. The van der Waals surface area contributed by atoms with Gasteiger partial charge < -0.3 is 5.32 Å². The van der Waals surface area contributed by atoms with Gasteiger partial charge in [0, 0.05) is 31.7 Å². The number of carbonyl (C=O) groups is 1. The second-order valence-corrected chi connectivity index (χ2v) is 11.2. The Hall–Kier alpha value is -2.22. The lowest BCUT2D eigenvalue weighted by Crippen LogP contribution is -2.35. The van der Waals surface area contributed by atoms with Gasteiger partial charge in [-0.2, -0.15) is 4.31 Å². The van der Waals surface area contributed by atoms with Crippen molar-refractivity contribution in [1.29, 1.82) is 0 Å². The van der Waals surface area contributed by atoms with E-state index in [1.807, 2.05) is 19.1 Å². The number of sulfonamides is 1. The average Bonchev–Trinajstić information content (AvgIpc) is 2.84. The molecule has 2 fully saturated rings. The Morgan fingerprint density at radius 2 is 1.55 bits per heavy atom. The summed E-state index contributed by atoms with van der Waals surface area (Å²) in [7, 11) is -3.57. The van der Waals surface area contributed by atoms with Crippen LogP contribution in [0.5, 0.6) is 0 Å². The molecular weight excluding hydrogens is 434 g/mol. The highest BCUT2D eigenvalue weighted by molar-refractivity contribution is 7.89. The Balaban J connectivity index is 1.42. The van der Waals surface area contributed by atoms with Gasteiger partial charge in [-0.05, 0) is 74.5 Å². The zero-order valence-electron chi connectivity index (χ0n) is 19.6. The first-order chi connectivity index (χ1) is 15.9. The highest BCUT2D eigenvalue weighted by Gasteiger charge is 2.27. The second kappa shape index (κ2) is 10.8. The van der Waals surface area contributed by atoms with Crippen molar-refractivity contribution in [2.24, 2.45) is 0 Å². The minimum Gasteiger partial charge on any atom is -0.348 e. The van der Waals surface area contributed by atoms with Gasteiger partial charge in [0.1, 0.15) is 0 Å². The molecule has 0 radical (unpaired) electrons. The second-order valence-electron chi connectivity index (χ2n) is 9.28. The first kappa shape index (κ1) is 23.9. The van der Waals surface area contributed by atoms with Gasteiger partial charge in [0.05, 0.1) is 4.90 Å². The van der Waals surface area contributed by atoms with Crippen molar-refractivity contribution in [3.63, 3.8) is 0 Å². The molecule has 0 aromatic heterocycles. The van der Waals surface area contributed by atoms with E-state index in [2.05, 4.69) is 22.3 Å². The number of piperidine rings is 2. The summed E-state index contributed by atoms with van der Waals surface area (Å²) in [4.78, 5) is 15.7. The van der Waals surface area contributed by atoms with E-state index in [1.165, 1.54) is 35.2 Å². The molecule has 0 aliphatic carbocycles. The van der Waals surface area contributed by atoms with Crippen molar-refractivity contribution in [2.75, 3.05) is 26.2 Å². The molecule has 6 nitrogen and oxygen atoms in total. The summed E-state index contributed by atoms with van der Waals surface area (Å²) in [6.07, 6.45) is 6.68. The molecule has 0 saturated carbocycles. The van der Waals surface area contributed by atoms with Gasteiger partial charge in [-0.25, -0.2) is 8.42 Å². The van der Waals surface area contributed by atoms with E-state index in [0.717, 1.165) is 50.0 Å². The van der Waals surface area contributed by atoms with Crippen molar-refractivity contribution in [2.45, 2.75) is 63.4 Å². The number of nitrogens with one attached hydrogen (secondary N) is 1. The minimum absolute atomic E-state index is 0.198. The fraction of sp³-hybridized carbons (Fsp3) is 0.500. The average molecular weight is 470 g/mol. The van der Waals surface area contributed by atoms with E-state index in [-0.39, 0.29) is 10.8 Å². The molecule has 4 rings (SSSR count). The van der Waals surface area contributed by atoms with Crippen molar-refractivity contribution < 1.29 is 13.2 Å². The van der Waals surface area contributed by atoms with Gasteiger partial charge in [-0.15, -0.1) is 0 Å². The number of hydrogen-bond acceptors (Lipinski definition) is 4. The van der Waals surface area contributed by atoms with Gasteiger partial charge in [0.2, 0.25) is 10.0 Å². The largest absolute Gasteiger partial charge is 0.348 e. The lowest BCUT2D eigenvalue weighted by Gasteiger charge is -2.26. The molecule has 0 unspecified atom stereocenters. The zero-order valence-corrected chi connectivity index (χ0v) is 20.4. The molecule has 2 heterocycles. The van der Waals surface area contributed by atoms with Gasteiger partial charge in [0.25, 0.3) is 5.91 Å². The Kier molecular flexibility index (Phi) is 7.83. The molecule has 2 aliphatic heterocycles. The zero-order chi connectivity index (χ0) is 23.3. The minimum atomic E-state index is -3.57. The van der Waals surface area contributed by atoms with Crippen LogP contribution in [0, 0.1) is 6.92 Å². The molecule has 178 valence electrons. The smallest absolute Gasteiger partial charge is 0.251 e. The third kappa shape index (κ3) is 6.02. The van der Waals surface area contributed by atoms with Crippen LogP contribution in [0.1, 0.15) is 65.6 Å². The Bertz CT molecular complexity index is 1070. The number of carbonyl (C=O) groups excluding carboxylic acids is 1. The standard InChI is InChI=1S/C26H35N3O3S/c1-21-11-12-24(33(31,32)29-15-6-3-7-16-29)18-25(21)26(30)27-19-22-9-8-10-23(17-22)20-28-13-4-2-5-14-28/h8-12,17-18H,2-7,13-16,19-20H2,1H3,(H,27,30). The normalized spacial score (nSPS) is 18.2. The van der Waals surface area contributed by atoms with Gasteiger partial charge in [-0.1, -0.05) is 43.2 Å². The lowest BCUT2D eigenvalue weighted by molar-refractivity contribution is 0.0950. The van der Waals surface area contributed by atoms with E-state index in [1.54, 1.807) is 12.1 Å². The molecule has 33 heavy (non-hydrogen) atoms. The first-order valence-corrected chi connectivity index (χ1v) is 13.6. The topological polar surface area (TPSA) is 69.7 Å². The highest BCUT2D eigenvalue weighted by atomic mass is 32.2. The van der Waals surface area contributed by atoms with Crippen LogP contribution in [-0.2, 0) is 23.1 Å². The van der Waals surface area contributed by atoms with Crippen molar-refractivity contribution >= 4 is 15.9 Å². The van der Waals surface area contributed by atoms with E-state index in [4.69, 9.17) is 0 Å². The molecule has 2 aromatic carbocycles. The number of amides is 1. The molecule has 2 aromatic rings.